The molecule has 0 spiro atoms. The summed E-state index contributed by atoms with van der Waals surface area (Å²) in [6.07, 6.45) is 3.22. The molecule has 1 amide bonds. The first-order valence-corrected chi connectivity index (χ1v) is 7.12. The van der Waals surface area contributed by atoms with E-state index in [-0.39, 0.29) is 12.3 Å². The molecule has 2 N–H and O–H groups in total. The van der Waals surface area contributed by atoms with Crippen LogP contribution in [0.2, 0.25) is 0 Å². The van der Waals surface area contributed by atoms with Gasteiger partial charge < -0.3 is 15.2 Å². The fraction of sp³-hybridized carbons (Fsp3) is 0.500. The summed E-state index contributed by atoms with van der Waals surface area (Å²) in [6.45, 7) is 0. The minimum absolute atomic E-state index is 0.0420. The van der Waals surface area contributed by atoms with Gasteiger partial charge in [-0.2, -0.15) is 5.26 Å². The highest BCUT2D eigenvalue weighted by Gasteiger charge is 2.34. The third kappa shape index (κ3) is 3.73. The van der Waals surface area contributed by atoms with Crippen molar-refractivity contribution in [2.75, 3.05) is 7.11 Å². The largest absolute Gasteiger partial charge is 0.496 e. The van der Waals surface area contributed by atoms with Crippen molar-refractivity contribution in [3.05, 3.63) is 29.8 Å². The highest BCUT2D eigenvalue weighted by molar-refractivity contribution is 5.78. The van der Waals surface area contributed by atoms with E-state index in [2.05, 4.69) is 11.4 Å². The van der Waals surface area contributed by atoms with Gasteiger partial charge in [0.25, 0.3) is 0 Å². The van der Waals surface area contributed by atoms with Crippen LogP contribution < -0.4 is 10.1 Å². The molecule has 1 unspecified atom stereocenters. The van der Waals surface area contributed by atoms with E-state index in [1.807, 2.05) is 0 Å². The second kappa shape index (κ2) is 6.59. The molecule has 0 radical (unpaired) electrons. The number of carbonyl (C=O) groups excluding carboxylic acids is 1. The molecule has 0 bridgehead atoms. The first kappa shape index (κ1) is 15.3. The molecule has 112 valence electrons. The summed E-state index contributed by atoms with van der Waals surface area (Å²) < 4.78 is 5.21. The summed E-state index contributed by atoms with van der Waals surface area (Å²) in [4.78, 5) is 12.1. The zero-order chi connectivity index (χ0) is 15.3. The lowest BCUT2D eigenvalue weighted by Crippen LogP contribution is -2.36. The maximum absolute atomic E-state index is 12.1. The first-order valence-electron chi connectivity index (χ1n) is 7.12. The smallest absolute Gasteiger partial charge is 0.224 e. The summed E-state index contributed by atoms with van der Waals surface area (Å²) in [5.41, 5.74) is -0.292. The molecule has 5 heteroatoms. The van der Waals surface area contributed by atoms with Crippen LogP contribution in [0.15, 0.2) is 24.3 Å². The SMILES string of the molecule is COc1ccccc1C(C#N)NC(=O)CC1(O)CCCC1. The summed E-state index contributed by atoms with van der Waals surface area (Å²) in [5.74, 6) is 0.251. The van der Waals surface area contributed by atoms with E-state index in [4.69, 9.17) is 4.74 Å². The van der Waals surface area contributed by atoms with Crippen molar-refractivity contribution in [1.29, 1.82) is 5.26 Å². The van der Waals surface area contributed by atoms with Crippen LogP contribution in [0.4, 0.5) is 0 Å². The van der Waals surface area contributed by atoms with Gasteiger partial charge in [-0.1, -0.05) is 31.0 Å². The Labute approximate surface area is 124 Å². The van der Waals surface area contributed by atoms with E-state index in [1.165, 1.54) is 7.11 Å². The van der Waals surface area contributed by atoms with Crippen molar-refractivity contribution in [2.24, 2.45) is 0 Å². The van der Waals surface area contributed by atoms with Gasteiger partial charge in [-0.25, -0.2) is 0 Å². The Kier molecular flexibility index (Phi) is 4.81. The molecular weight excluding hydrogens is 268 g/mol. The van der Waals surface area contributed by atoms with Gasteiger partial charge in [0.05, 0.1) is 25.2 Å². The van der Waals surface area contributed by atoms with E-state index in [0.717, 1.165) is 12.8 Å². The zero-order valence-corrected chi connectivity index (χ0v) is 12.1. The molecule has 0 saturated heterocycles. The Bertz CT molecular complexity index is 545. The Balaban J connectivity index is 2.05. The lowest BCUT2D eigenvalue weighted by atomic mass is 9.97. The van der Waals surface area contributed by atoms with Crippen LogP contribution in [0.5, 0.6) is 5.75 Å². The molecule has 1 aromatic carbocycles. The molecule has 0 heterocycles. The number of nitriles is 1. The predicted molar refractivity (Wildman–Crippen MR) is 77.5 cm³/mol. The number of aliphatic hydroxyl groups is 1. The first-order chi connectivity index (χ1) is 10.1. The van der Waals surface area contributed by atoms with Crippen molar-refractivity contribution >= 4 is 5.91 Å². The van der Waals surface area contributed by atoms with E-state index >= 15 is 0 Å². The van der Waals surface area contributed by atoms with Gasteiger partial charge >= 0.3 is 0 Å². The fourth-order valence-corrected chi connectivity index (χ4v) is 2.81. The molecule has 0 aliphatic heterocycles. The number of benzene rings is 1. The van der Waals surface area contributed by atoms with Gasteiger partial charge in [0, 0.05) is 5.56 Å². The van der Waals surface area contributed by atoms with Gasteiger partial charge in [-0.05, 0) is 18.9 Å². The fourth-order valence-electron chi connectivity index (χ4n) is 2.81. The van der Waals surface area contributed by atoms with E-state index in [9.17, 15) is 15.2 Å². The molecule has 1 aromatic rings. The van der Waals surface area contributed by atoms with Crippen molar-refractivity contribution in [3.8, 4) is 11.8 Å². The number of nitrogens with zero attached hydrogens (tertiary/aromatic N) is 1. The van der Waals surface area contributed by atoms with Crippen LogP contribution in [-0.4, -0.2) is 23.7 Å². The highest BCUT2D eigenvalue weighted by Crippen LogP contribution is 2.32. The second-order valence-corrected chi connectivity index (χ2v) is 5.48. The summed E-state index contributed by atoms with van der Waals surface area (Å²) in [7, 11) is 1.52. The van der Waals surface area contributed by atoms with Crippen molar-refractivity contribution in [2.45, 2.75) is 43.7 Å². The van der Waals surface area contributed by atoms with E-state index in [0.29, 0.717) is 24.2 Å². The Morgan fingerprint density at radius 1 is 1.48 bits per heavy atom. The second-order valence-electron chi connectivity index (χ2n) is 5.48. The molecule has 21 heavy (non-hydrogen) atoms. The van der Waals surface area contributed by atoms with Crippen molar-refractivity contribution in [3.63, 3.8) is 0 Å². The Morgan fingerprint density at radius 2 is 2.14 bits per heavy atom. The number of hydrogen-bond donors (Lipinski definition) is 2. The summed E-state index contributed by atoms with van der Waals surface area (Å²) >= 11 is 0. The molecule has 1 fully saturated rings. The van der Waals surface area contributed by atoms with Crippen LogP contribution in [0, 0.1) is 11.3 Å². The quantitative estimate of drug-likeness (QED) is 0.869. The number of ether oxygens (including phenoxy) is 1. The monoisotopic (exact) mass is 288 g/mol. The minimum Gasteiger partial charge on any atom is -0.496 e. The molecule has 1 aliphatic rings. The predicted octanol–water partition coefficient (Wildman–Crippen LogP) is 2.07. The van der Waals surface area contributed by atoms with Gasteiger partial charge in [0.1, 0.15) is 11.8 Å². The topological polar surface area (TPSA) is 82.3 Å². The molecule has 2 rings (SSSR count). The van der Waals surface area contributed by atoms with Crippen LogP contribution in [-0.2, 0) is 4.79 Å². The maximum Gasteiger partial charge on any atom is 0.224 e. The van der Waals surface area contributed by atoms with Gasteiger partial charge in [-0.3, -0.25) is 4.79 Å². The van der Waals surface area contributed by atoms with E-state index < -0.39 is 11.6 Å². The molecular formula is C16H20N2O3. The maximum atomic E-state index is 12.1. The third-order valence-electron chi connectivity index (χ3n) is 3.91. The summed E-state index contributed by atoms with van der Waals surface area (Å²) in [6, 6.07) is 8.38. The molecule has 5 nitrogen and oxygen atoms in total. The molecule has 0 aromatic heterocycles. The van der Waals surface area contributed by atoms with Crippen molar-refractivity contribution in [1.82, 2.24) is 5.32 Å². The number of carbonyl (C=O) groups is 1. The average molecular weight is 288 g/mol. The Morgan fingerprint density at radius 3 is 2.76 bits per heavy atom. The van der Waals surface area contributed by atoms with Crippen LogP contribution >= 0.6 is 0 Å². The zero-order valence-electron chi connectivity index (χ0n) is 12.1. The van der Waals surface area contributed by atoms with Crippen LogP contribution in [0.1, 0.15) is 43.7 Å². The van der Waals surface area contributed by atoms with Gasteiger partial charge in [-0.15, -0.1) is 0 Å². The molecule has 1 atom stereocenters. The summed E-state index contributed by atoms with van der Waals surface area (Å²) in [5, 5.41) is 22.2. The minimum atomic E-state index is -0.912. The van der Waals surface area contributed by atoms with E-state index in [1.54, 1.807) is 24.3 Å². The normalized spacial score (nSPS) is 17.8. The number of methoxy groups -OCH3 is 1. The third-order valence-corrected chi connectivity index (χ3v) is 3.91. The standard InChI is InChI=1S/C16H20N2O3/c1-21-14-7-3-2-6-12(14)13(11-17)18-15(19)10-16(20)8-4-5-9-16/h2-3,6-7,13,20H,4-5,8-10H2,1H3,(H,18,19). The molecule has 1 aliphatic carbocycles. The number of rotatable bonds is 5. The van der Waals surface area contributed by atoms with Gasteiger partial charge in [0.15, 0.2) is 0 Å². The lowest BCUT2D eigenvalue weighted by molar-refractivity contribution is -0.126. The van der Waals surface area contributed by atoms with Crippen LogP contribution in [0.25, 0.3) is 0 Å². The number of hydrogen-bond acceptors (Lipinski definition) is 4. The lowest BCUT2D eigenvalue weighted by Gasteiger charge is -2.22. The number of nitrogens with one attached hydrogen (secondary N) is 1. The average Bonchev–Trinajstić information content (AvgIpc) is 2.91. The highest BCUT2D eigenvalue weighted by atomic mass is 16.5. The van der Waals surface area contributed by atoms with Crippen molar-refractivity contribution < 1.29 is 14.6 Å². The van der Waals surface area contributed by atoms with Gasteiger partial charge in [0.2, 0.25) is 5.91 Å². The van der Waals surface area contributed by atoms with Crippen LogP contribution in [0.3, 0.4) is 0 Å². The number of amides is 1. The molecule has 1 saturated carbocycles. The number of para-hydroxylation sites is 1. The Hall–Kier alpha value is -2.06.